The summed E-state index contributed by atoms with van der Waals surface area (Å²) in [7, 11) is 2.17. The van der Waals surface area contributed by atoms with E-state index in [1.165, 1.54) is 32.1 Å². The van der Waals surface area contributed by atoms with Crippen molar-refractivity contribution >= 4 is 23.6 Å². The van der Waals surface area contributed by atoms with E-state index in [0.717, 1.165) is 38.1 Å². The highest BCUT2D eigenvalue weighted by molar-refractivity contribution is 6.00. The molecule has 3 atom stereocenters. The summed E-state index contributed by atoms with van der Waals surface area (Å²) in [5.74, 6) is 0.340. The number of para-hydroxylation sites is 1. The molecule has 4 fully saturated rings. The second-order valence-corrected chi connectivity index (χ2v) is 14.9. The number of piperazine rings is 1. The molecule has 0 spiro atoms. The Kier molecular flexibility index (Phi) is 11.3. The molecule has 10 heteroatoms. The SMILES string of the molecule is CC(C)C[C@@H](NC(=O)c1ccccc1OCC(=O)NC1(C)CC1)C(=O)N1CCC[C@@H]1C(=O)N1CCN(C)[C@@H](CC2CCCCC2)C1. The van der Waals surface area contributed by atoms with Crippen LogP contribution in [0.5, 0.6) is 5.75 Å². The number of ether oxygens (including phenoxy) is 1. The first-order valence-electron chi connectivity index (χ1n) is 17.7. The van der Waals surface area contributed by atoms with Crippen molar-refractivity contribution in [3.63, 3.8) is 0 Å². The molecule has 1 aromatic carbocycles. The number of hydrogen-bond donors (Lipinski definition) is 2. The molecule has 254 valence electrons. The molecule has 2 N–H and O–H groups in total. The fourth-order valence-corrected chi connectivity index (χ4v) is 7.44. The third-order valence-corrected chi connectivity index (χ3v) is 10.5. The summed E-state index contributed by atoms with van der Waals surface area (Å²) in [6.45, 7) is 8.58. The molecule has 2 aliphatic heterocycles. The van der Waals surface area contributed by atoms with Crippen molar-refractivity contribution in [3.8, 4) is 5.75 Å². The minimum atomic E-state index is -0.779. The molecule has 4 amide bonds. The lowest BCUT2D eigenvalue weighted by Gasteiger charge is -2.43. The molecule has 2 saturated carbocycles. The largest absolute Gasteiger partial charge is 0.483 e. The molecule has 2 heterocycles. The molecule has 0 bridgehead atoms. The monoisotopic (exact) mass is 637 g/mol. The molecule has 0 aromatic heterocycles. The first-order chi connectivity index (χ1) is 22.0. The maximum Gasteiger partial charge on any atom is 0.258 e. The van der Waals surface area contributed by atoms with Gasteiger partial charge in [-0.05, 0) is 76.5 Å². The summed E-state index contributed by atoms with van der Waals surface area (Å²) >= 11 is 0. The normalized spacial score (nSPS) is 24.0. The highest BCUT2D eigenvalue weighted by Crippen LogP contribution is 2.34. The summed E-state index contributed by atoms with van der Waals surface area (Å²) in [4.78, 5) is 60.2. The summed E-state index contributed by atoms with van der Waals surface area (Å²) in [5, 5.41) is 5.93. The maximum atomic E-state index is 14.1. The first kappa shape index (κ1) is 34.2. The number of carbonyl (C=O) groups excluding carboxylic acids is 4. The van der Waals surface area contributed by atoms with Crippen LogP contribution in [0.4, 0.5) is 0 Å². The number of amides is 4. The summed E-state index contributed by atoms with van der Waals surface area (Å²) < 4.78 is 5.77. The average molecular weight is 638 g/mol. The van der Waals surface area contributed by atoms with Gasteiger partial charge in [-0.1, -0.05) is 58.1 Å². The van der Waals surface area contributed by atoms with Gasteiger partial charge in [0.25, 0.3) is 11.8 Å². The van der Waals surface area contributed by atoms with E-state index in [1.807, 2.05) is 25.7 Å². The lowest BCUT2D eigenvalue weighted by molar-refractivity contribution is -0.146. The summed E-state index contributed by atoms with van der Waals surface area (Å²) in [5.41, 5.74) is 0.113. The first-order valence-corrected chi connectivity index (χ1v) is 17.7. The van der Waals surface area contributed by atoms with Crippen molar-refractivity contribution in [3.05, 3.63) is 29.8 Å². The van der Waals surface area contributed by atoms with Gasteiger partial charge in [-0.3, -0.25) is 24.1 Å². The molecule has 2 saturated heterocycles. The van der Waals surface area contributed by atoms with Crippen molar-refractivity contribution in [1.82, 2.24) is 25.3 Å². The van der Waals surface area contributed by atoms with Crippen LogP contribution in [0.1, 0.15) is 102 Å². The van der Waals surface area contributed by atoms with Gasteiger partial charge in [0.05, 0.1) is 5.56 Å². The Morgan fingerprint density at radius 2 is 1.72 bits per heavy atom. The summed E-state index contributed by atoms with van der Waals surface area (Å²) in [6.07, 6.45) is 11.4. The van der Waals surface area contributed by atoms with E-state index in [-0.39, 0.29) is 41.3 Å². The number of likely N-dealkylation sites (tertiary alicyclic amines) is 1. The van der Waals surface area contributed by atoms with Crippen molar-refractivity contribution in [2.24, 2.45) is 11.8 Å². The number of nitrogens with one attached hydrogen (secondary N) is 2. The fraction of sp³-hybridized carbons (Fsp3) is 0.722. The van der Waals surface area contributed by atoms with E-state index < -0.39 is 18.0 Å². The Bertz CT molecular complexity index is 1240. The smallest absolute Gasteiger partial charge is 0.258 e. The molecule has 0 unspecified atom stereocenters. The third-order valence-electron chi connectivity index (χ3n) is 10.5. The van der Waals surface area contributed by atoms with Gasteiger partial charge in [0.1, 0.15) is 17.8 Å². The average Bonchev–Trinajstić information content (AvgIpc) is 3.55. The van der Waals surface area contributed by atoms with Gasteiger partial charge in [-0.25, -0.2) is 0 Å². The fourth-order valence-electron chi connectivity index (χ4n) is 7.44. The Morgan fingerprint density at radius 1 is 0.978 bits per heavy atom. The zero-order chi connectivity index (χ0) is 32.8. The van der Waals surface area contributed by atoms with Crippen molar-refractivity contribution < 1.29 is 23.9 Å². The van der Waals surface area contributed by atoms with Crippen LogP contribution in [-0.2, 0) is 14.4 Å². The highest BCUT2D eigenvalue weighted by atomic mass is 16.5. The lowest BCUT2D eigenvalue weighted by atomic mass is 9.84. The third kappa shape index (κ3) is 8.81. The van der Waals surface area contributed by atoms with Crippen LogP contribution in [0.3, 0.4) is 0 Å². The van der Waals surface area contributed by atoms with Gasteiger partial charge in [-0.15, -0.1) is 0 Å². The van der Waals surface area contributed by atoms with Crippen LogP contribution in [0.25, 0.3) is 0 Å². The van der Waals surface area contributed by atoms with E-state index >= 15 is 0 Å². The van der Waals surface area contributed by atoms with E-state index in [2.05, 4.69) is 22.6 Å². The van der Waals surface area contributed by atoms with Crippen LogP contribution in [0.15, 0.2) is 24.3 Å². The Labute approximate surface area is 274 Å². The maximum absolute atomic E-state index is 14.1. The minimum Gasteiger partial charge on any atom is -0.483 e. The van der Waals surface area contributed by atoms with E-state index in [9.17, 15) is 19.2 Å². The van der Waals surface area contributed by atoms with Gasteiger partial charge in [0, 0.05) is 37.8 Å². The standard InChI is InChI=1S/C36H55N5O5/c1-25(2)21-29(37-33(43)28-13-8-9-15-31(28)46-24-32(42)38-36(3)16-17-36)34(44)41-18-10-14-30(41)35(45)40-20-19-39(4)27(23-40)22-26-11-6-5-7-12-26/h8-9,13,15,25-27,29-30H,5-7,10-12,14,16-24H2,1-4H3,(H,37,43)(H,38,42)/t27-,29+,30+/m0/s1. The topological polar surface area (TPSA) is 111 Å². The Morgan fingerprint density at radius 3 is 2.43 bits per heavy atom. The van der Waals surface area contributed by atoms with Crippen LogP contribution in [-0.4, -0.2) is 102 Å². The number of carbonyl (C=O) groups is 4. The Hall–Kier alpha value is -3.14. The van der Waals surface area contributed by atoms with Gasteiger partial charge >= 0.3 is 0 Å². The summed E-state index contributed by atoms with van der Waals surface area (Å²) in [6, 6.07) is 5.86. The van der Waals surface area contributed by atoms with Crippen LogP contribution < -0.4 is 15.4 Å². The molecular weight excluding hydrogens is 582 g/mol. The molecule has 46 heavy (non-hydrogen) atoms. The molecule has 1 aromatic rings. The second-order valence-electron chi connectivity index (χ2n) is 14.9. The highest BCUT2D eigenvalue weighted by Gasteiger charge is 2.42. The molecule has 0 radical (unpaired) electrons. The molecule has 4 aliphatic rings. The lowest BCUT2D eigenvalue weighted by Crippen LogP contribution is -2.59. The zero-order valence-corrected chi connectivity index (χ0v) is 28.4. The number of benzene rings is 1. The van der Waals surface area contributed by atoms with Crippen molar-refractivity contribution in [2.75, 3.05) is 39.8 Å². The molecule has 5 rings (SSSR count). The number of hydrogen-bond acceptors (Lipinski definition) is 6. The number of likely N-dealkylation sites (N-methyl/N-ethyl adjacent to an activating group) is 1. The molecule has 2 aliphatic carbocycles. The second kappa shape index (κ2) is 15.2. The van der Waals surface area contributed by atoms with Crippen LogP contribution in [0.2, 0.25) is 0 Å². The van der Waals surface area contributed by atoms with Gasteiger partial charge in [0.15, 0.2) is 6.61 Å². The molecular formula is C36H55N5O5. The minimum absolute atomic E-state index is 0.0410. The van der Waals surface area contributed by atoms with Gasteiger partial charge in [0.2, 0.25) is 11.8 Å². The van der Waals surface area contributed by atoms with Gasteiger partial charge < -0.3 is 25.2 Å². The van der Waals surface area contributed by atoms with Crippen LogP contribution in [0, 0.1) is 11.8 Å². The van der Waals surface area contributed by atoms with Crippen molar-refractivity contribution in [2.45, 2.75) is 115 Å². The zero-order valence-electron chi connectivity index (χ0n) is 28.4. The van der Waals surface area contributed by atoms with E-state index in [0.29, 0.717) is 44.3 Å². The predicted molar refractivity (Wildman–Crippen MR) is 177 cm³/mol. The van der Waals surface area contributed by atoms with Gasteiger partial charge in [-0.2, -0.15) is 0 Å². The van der Waals surface area contributed by atoms with Crippen molar-refractivity contribution in [1.29, 1.82) is 0 Å². The van der Waals surface area contributed by atoms with E-state index in [4.69, 9.17) is 4.74 Å². The molecule has 10 nitrogen and oxygen atoms in total. The number of nitrogens with zero attached hydrogens (tertiary/aromatic N) is 3. The quantitative estimate of drug-likeness (QED) is 0.359. The van der Waals surface area contributed by atoms with Crippen LogP contribution >= 0.6 is 0 Å². The predicted octanol–water partition coefficient (Wildman–Crippen LogP) is 3.98. The Balaban J connectivity index is 1.22. The number of rotatable bonds is 12. The van der Waals surface area contributed by atoms with E-state index in [1.54, 1.807) is 29.2 Å².